The molecule has 0 saturated carbocycles. The summed E-state index contributed by atoms with van der Waals surface area (Å²) in [7, 11) is 4.03. The van der Waals surface area contributed by atoms with E-state index in [4.69, 9.17) is 15.2 Å². The number of hydrogen-bond acceptors (Lipinski definition) is 8. The van der Waals surface area contributed by atoms with Crippen molar-refractivity contribution in [1.82, 2.24) is 0 Å². The second kappa shape index (κ2) is 8.75. The van der Waals surface area contributed by atoms with Gasteiger partial charge in [-0.05, 0) is 23.3 Å². The van der Waals surface area contributed by atoms with Crippen LogP contribution in [0.2, 0.25) is 0 Å². The molecule has 0 fully saturated rings. The lowest BCUT2D eigenvalue weighted by molar-refractivity contribution is -0.139. The van der Waals surface area contributed by atoms with E-state index in [2.05, 4.69) is 6.07 Å². The van der Waals surface area contributed by atoms with Crippen molar-refractivity contribution in [2.75, 3.05) is 31.1 Å². The molecule has 0 aromatic heterocycles. The molecule has 0 saturated heterocycles. The summed E-state index contributed by atoms with van der Waals surface area (Å²) in [5.41, 5.74) is 8.77. The molecule has 0 radical (unpaired) electrons. The first-order valence-corrected chi connectivity index (χ1v) is 10.4. The van der Waals surface area contributed by atoms with Gasteiger partial charge in [0.2, 0.25) is 5.91 Å². The molecule has 4 rings (SSSR count). The van der Waals surface area contributed by atoms with Crippen molar-refractivity contribution in [2.45, 2.75) is 12.3 Å². The third kappa shape index (κ3) is 3.46. The number of likely N-dealkylation sites (N-methyl/N-ethyl adjacent to an activating group) is 1. The van der Waals surface area contributed by atoms with E-state index in [-0.39, 0.29) is 35.0 Å². The second-order valence-corrected chi connectivity index (χ2v) is 7.78. The standard InChI is InChI=1S/C25H22N4O5/c1-28-18-12-16(10-9-15(18)11-19(28)30)29-22(25(32)34-3)21(24(31)33-2)20(17(13-26)23(29)27)14-7-5-4-6-8-14/h4-10,12,20H,11,27H2,1-3H3. The van der Waals surface area contributed by atoms with Gasteiger partial charge in [-0.2, -0.15) is 5.26 Å². The molecule has 1 unspecified atom stereocenters. The van der Waals surface area contributed by atoms with Crippen LogP contribution in [0.15, 0.2) is 71.2 Å². The van der Waals surface area contributed by atoms with Crippen LogP contribution in [0.25, 0.3) is 0 Å². The summed E-state index contributed by atoms with van der Waals surface area (Å²) in [6, 6.07) is 16.0. The van der Waals surface area contributed by atoms with E-state index in [9.17, 15) is 19.6 Å². The number of allylic oxidation sites excluding steroid dienone is 1. The predicted octanol–water partition coefficient (Wildman–Crippen LogP) is 2.10. The maximum Gasteiger partial charge on any atom is 0.355 e. The Hall–Kier alpha value is -4.58. The second-order valence-electron chi connectivity index (χ2n) is 7.78. The molecule has 1 atom stereocenters. The van der Waals surface area contributed by atoms with Gasteiger partial charge in [-0.1, -0.05) is 36.4 Å². The van der Waals surface area contributed by atoms with Crippen LogP contribution in [0, 0.1) is 11.3 Å². The topological polar surface area (TPSA) is 126 Å². The highest BCUT2D eigenvalue weighted by Crippen LogP contribution is 2.44. The minimum atomic E-state index is -0.942. The summed E-state index contributed by atoms with van der Waals surface area (Å²) < 4.78 is 10.1. The monoisotopic (exact) mass is 458 g/mol. The molecule has 9 heteroatoms. The Balaban J connectivity index is 2.03. The number of methoxy groups -OCH3 is 2. The van der Waals surface area contributed by atoms with Crippen LogP contribution in [-0.2, 0) is 30.3 Å². The smallest absolute Gasteiger partial charge is 0.355 e. The van der Waals surface area contributed by atoms with Crippen molar-refractivity contribution < 1.29 is 23.9 Å². The zero-order valence-corrected chi connectivity index (χ0v) is 18.9. The van der Waals surface area contributed by atoms with E-state index < -0.39 is 17.9 Å². The van der Waals surface area contributed by atoms with Gasteiger partial charge in [0, 0.05) is 18.4 Å². The number of amides is 1. The van der Waals surface area contributed by atoms with Crippen LogP contribution >= 0.6 is 0 Å². The van der Waals surface area contributed by atoms with Crippen molar-refractivity contribution in [2.24, 2.45) is 5.73 Å². The number of benzene rings is 2. The van der Waals surface area contributed by atoms with Gasteiger partial charge in [0.15, 0.2) is 0 Å². The summed E-state index contributed by atoms with van der Waals surface area (Å²) in [6.07, 6.45) is 0.254. The lowest BCUT2D eigenvalue weighted by Gasteiger charge is -2.36. The lowest BCUT2D eigenvalue weighted by Crippen LogP contribution is -2.40. The number of nitriles is 1. The van der Waals surface area contributed by atoms with Gasteiger partial charge in [-0.15, -0.1) is 0 Å². The van der Waals surface area contributed by atoms with E-state index in [0.717, 1.165) is 5.56 Å². The molecule has 0 bridgehead atoms. The summed E-state index contributed by atoms with van der Waals surface area (Å²) in [5, 5.41) is 10.1. The van der Waals surface area contributed by atoms with Crippen molar-refractivity contribution >= 4 is 29.2 Å². The highest BCUT2D eigenvalue weighted by Gasteiger charge is 2.43. The van der Waals surface area contributed by atoms with Gasteiger partial charge in [0.1, 0.15) is 11.5 Å². The number of carbonyl (C=O) groups excluding carboxylic acids is 3. The fourth-order valence-electron chi connectivity index (χ4n) is 4.35. The molecule has 172 valence electrons. The van der Waals surface area contributed by atoms with Crippen LogP contribution in [0.4, 0.5) is 11.4 Å². The molecule has 2 N–H and O–H groups in total. The number of esters is 2. The van der Waals surface area contributed by atoms with Gasteiger partial charge >= 0.3 is 11.9 Å². The zero-order chi connectivity index (χ0) is 24.6. The third-order valence-electron chi connectivity index (χ3n) is 6.01. The minimum Gasteiger partial charge on any atom is -0.466 e. The molecule has 2 aromatic carbocycles. The first-order valence-electron chi connectivity index (χ1n) is 10.4. The Morgan fingerprint density at radius 1 is 1.09 bits per heavy atom. The van der Waals surface area contributed by atoms with Crippen LogP contribution in [0.5, 0.6) is 0 Å². The zero-order valence-electron chi connectivity index (χ0n) is 18.9. The maximum absolute atomic E-state index is 13.1. The summed E-state index contributed by atoms with van der Waals surface area (Å²) in [4.78, 5) is 41.1. The molecule has 34 heavy (non-hydrogen) atoms. The summed E-state index contributed by atoms with van der Waals surface area (Å²) in [6.45, 7) is 0. The third-order valence-corrected chi connectivity index (χ3v) is 6.01. The highest BCUT2D eigenvalue weighted by molar-refractivity contribution is 6.07. The number of nitrogens with zero attached hydrogens (tertiary/aromatic N) is 3. The number of ether oxygens (including phenoxy) is 2. The molecular formula is C25H22N4O5. The number of anilines is 2. The normalized spacial score (nSPS) is 17.5. The van der Waals surface area contributed by atoms with E-state index in [1.54, 1.807) is 55.6 Å². The first-order chi connectivity index (χ1) is 16.3. The number of nitrogens with two attached hydrogens (primary N) is 1. The maximum atomic E-state index is 13.1. The van der Waals surface area contributed by atoms with Crippen molar-refractivity contribution in [1.29, 1.82) is 5.26 Å². The fraction of sp³-hybridized carbons (Fsp3) is 0.200. The molecule has 9 nitrogen and oxygen atoms in total. The Bertz CT molecular complexity index is 1310. The van der Waals surface area contributed by atoms with Gasteiger partial charge in [-0.25, -0.2) is 9.59 Å². The quantitative estimate of drug-likeness (QED) is 0.691. The number of carbonyl (C=O) groups is 3. The Labute approximate surface area is 196 Å². The summed E-state index contributed by atoms with van der Waals surface area (Å²) in [5.74, 6) is -2.67. The Morgan fingerprint density at radius 2 is 1.76 bits per heavy atom. The Morgan fingerprint density at radius 3 is 2.38 bits per heavy atom. The van der Waals surface area contributed by atoms with Crippen LogP contribution < -0.4 is 15.5 Å². The predicted molar refractivity (Wildman–Crippen MR) is 123 cm³/mol. The number of fused-ring (bicyclic) bond motifs is 1. The largest absolute Gasteiger partial charge is 0.466 e. The van der Waals surface area contributed by atoms with Crippen LogP contribution in [0.1, 0.15) is 17.0 Å². The SMILES string of the molecule is COC(=O)C1=C(C(=O)OC)N(c2ccc3c(c2)N(C)C(=O)C3)C(N)=C(C#N)C1c1ccccc1. The van der Waals surface area contributed by atoms with Gasteiger partial charge < -0.3 is 20.1 Å². The van der Waals surface area contributed by atoms with Gasteiger partial charge in [0.05, 0.1) is 43.8 Å². The molecule has 2 heterocycles. The van der Waals surface area contributed by atoms with Crippen molar-refractivity contribution in [3.63, 3.8) is 0 Å². The van der Waals surface area contributed by atoms with Crippen molar-refractivity contribution in [3.05, 3.63) is 82.3 Å². The molecule has 1 amide bonds. The van der Waals surface area contributed by atoms with E-state index in [1.807, 2.05) is 0 Å². The van der Waals surface area contributed by atoms with E-state index in [1.165, 1.54) is 24.0 Å². The highest BCUT2D eigenvalue weighted by atomic mass is 16.5. The number of hydrogen-bond donors (Lipinski definition) is 1. The molecule has 0 aliphatic carbocycles. The van der Waals surface area contributed by atoms with Gasteiger partial charge in [-0.3, -0.25) is 9.69 Å². The minimum absolute atomic E-state index is 0.0312. The van der Waals surface area contributed by atoms with Crippen LogP contribution in [0.3, 0.4) is 0 Å². The molecule has 2 aliphatic heterocycles. The fourth-order valence-corrected chi connectivity index (χ4v) is 4.35. The average Bonchev–Trinajstić information content (AvgIpc) is 3.15. The molecular weight excluding hydrogens is 436 g/mol. The number of rotatable bonds is 4. The summed E-state index contributed by atoms with van der Waals surface area (Å²) >= 11 is 0. The van der Waals surface area contributed by atoms with E-state index in [0.29, 0.717) is 16.9 Å². The molecule has 0 spiro atoms. The van der Waals surface area contributed by atoms with Crippen molar-refractivity contribution in [3.8, 4) is 6.07 Å². The molecule has 2 aliphatic rings. The Kier molecular flexibility index (Phi) is 5.82. The van der Waals surface area contributed by atoms with Gasteiger partial charge in [0.25, 0.3) is 0 Å². The first kappa shape index (κ1) is 22.6. The average molecular weight is 458 g/mol. The lowest BCUT2D eigenvalue weighted by atomic mass is 9.81. The van der Waals surface area contributed by atoms with Crippen LogP contribution in [-0.4, -0.2) is 39.1 Å². The van der Waals surface area contributed by atoms with E-state index >= 15 is 0 Å². The molecule has 2 aromatic rings.